The van der Waals surface area contributed by atoms with Crippen LogP contribution in [0.5, 0.6) is 0 Å². The van der Waals surface area contributed by atoms with E-state index in [1.807, 2.05) is 66.9 Å². The minimum atomic E-state index is -0.253. The summed E-state index contributed by atoms with van der Waals surface area (Å²) in [5, 5.41) is 6.12. The van der Waals surface area contributed by atoms with Crippen LogP contribution in [0.4, 0.5) is 5.13 Å². The zero-order valence-electron chi connectivity index (χ0n) is 18.3. The number of para-hydroxylation sites is 1. The Hall–Kier alpha value is -3.58. The molecule has 166 valence electrons. The highest BCUT2D eigenvalue weighted by Gasteiger charge is 2.30. The smallest absolute Gasteiger partial charge is 0.254 e. The molecule has 2 amide bonds. The summed E-state index contributed by atoms with van der Waals surface area (Å²) in [6, 6.07) is 17.8. The minimum absolute atomic E-state index is 0.0614. The van der Waals surface area contributed by atoms with Crippen LogP contribution in [0.25, 0.3) is 22.2 Å². The molecule has 3 heterocycles. The van der Waals surface area contributed by atoms with Gasteiger partial charge < -0.3 is 10.2 Å². The summed E-state index contributed by atoms with van der Waals surface area (Å²) in [6.07, 6.45) is 3.21. The van der Waals surface area contributed by atoms with Gasteiger partial charge in [0, 0.05) is 35.6 Å². The normalized spacial score (nSPS) is 16.0. The van der Waals surface area contributed by atoms with Gasteiger partial charge in [0.2, 0.25) is 5.91 Å². The Bertz CT molecular complexity index is 1300. The molecule has 2 aromatic heterocycles. The molecule has 0 saturated carbocycles. The maximum absolute atomic E-state index is 13.7. The van der Waals surface area contributed by atoms with Crippen LogP contribution in [0.2, 0.25) is 0 Å². The van der Waals surface area contributed by atoms with Gasteiger partial charge >= 0.3 is 0 Å². The van der Waals surface area contributed by atoms with Gasteiger partial charge in [0.1, 0.15) is 0 Å². The van der Waals surface area contributed by atoms with Crippen molar-refractivity contribution < 1.29 is 9.59 Å². The second kappa shape index (κ2) is 9.11. The van der Waals surface area contributed by atoms with E-state index in [1.54, 1.807) is 11.1 Å². The number of benzene rings is 2. The van der Waals surface area contributed by atoms with E-state index in [0.29, 0.717) is 23.8 Å². The average molecular weight is 457 g/mol. The van der Waals surface area contributed by atoms with Gasteiger partial charge in [0.15, 0.2) is 5.13 Å². The zero-order chi connectivity index (χ0) is 22.8. The van der Waals surface area contributed by atoms with Crippen LogP contribution in [0.15, 0.2) is 66.2 Å². The van der Waals surface area contributed by atoms with Gasteiger partial charge in [-0.25, -0.2) is 9.97 Å². The number of aryl methyl sites for hydroxylation is 1. The van der Waals surface area contributed by atoms with Crippen molar-refractivity contribution in [2.24, 2.45) is 5.92 Å². The number of aromatic nitrogens is 2. The third-order valence-electron chi connectivity index (χ3n) is 6.04. The first-order valence-electron chi connectivity index (χ1n) is 11.0. The largest absolute Gasteiger partial charge is 0.338 e. The number of nitrogens with one attached hydrogen (secondary N) is 1. The molecular weight excluding hydrogens is 432 g/mol. The molecule has 1 aliphatic heterocycles. The Morgan fingerprint density at radius 2 is 1.94 bits per heavy atom. The summed E-state index contributed by atoms with van der Waals surface area (Å²) in [7, 11) is 0. The predicted molar refractivity (Wildman–Crippen MR) is 131 cm³/mol. The second-order valence-corrected chi connectivity index (χ2v) is 9.25. The number of anilines is 1. The first kappa shape index (κ1) is 21.3. The fourth-order valence-electron chi connectivity index (χ4n) is 4.26. The highest BCUT2D eigenvalue weighted by Crippen LogP contribution is 2.28. The van der Waals surface area contributed by atoms with Crippen LogP contribution in [0.3, 0.4) is 0 Å². The Labute approximate surface area is 196 Å². The van der Waals surface area contributed by atoms with Crippen molar-refractivity contribution in [1.82, 2.24) is 14.9 Å². The fourth-order valence-corrected chi connectivity index (χ4v) is 4.79. The highest BCUT2D eigenvalue weighted by atomic mass is 32.1. The average Bonchev–Trinajstić information content (AvgIpc) is 3.36. The molecule has 0 spiro atoms. The van der Waals surface area contributed by atoms with Gasteiger partial charge in [0.25, 0.3) is 5.91 Å². The lowest BCUT2D eigenvalue weighted by Gasteiger charge is -2.32. The summed E-state index contributed by atoms with van der Waals surface area (Å²) < 4.78 is 0. The van der Waals surface area contributed by atoms with Gasteiger partial charge in [0.05, 0.1) is 22.7 Å². The molecule has 1 aliphatic rings. The van der Waals surface area contributed by atoms with Gasteiger partial charge in [-0.3, -0.25) is 9.59 Å². The number of fused-ring (bicyclic) bond motifs is 1. The maximum atomic E-state index is 13.7. The van der Waals surface area contributed by atoms with Crippen molar-refractivity contribution in [2.75, 3.05) is 18.4 Å². The SMILES string of the molecule is Cc1ccc(-c2cc(C(=O)N3CCCC(C(=O)Nc4nccs4)C3)c3ccccc3n2)cc1. The lowest BCUT2D eigenvalue weighted by molar-refractivity contribution is -0.121. The number of piperidine rings is 1. The van der Waals surface area contributed by atoms with Crippen molar-refractivity contribution in [1.29, 1.82) is 0 Å². The van der Waals surface area contributed by atoms with Crippen molar-refractivity contribution in [2.45, 2.75) is 19.8 Å². The van der Waals surface area contributed by atoms with E-state index in [2.05, 4.69) is 10.3 Å². The number of nitrogens with zero attached hydrogens (tertiary/aromatic N) is 3. The van der Waals surface area contributed by atoms with E-state index < -0.39 is 0 Å². The monoisotopic (exact) mass is 456 g/mol. The van der Waals surface area contributed by atoms with Crippen LogP contribution in [-0.4, -0.2) is 39.8 Å². The van der Waals surface area contributed by atoms with E-state index in [4.69, 9.17) is 4.98 Å². The zero-order valence-corrected chi connectivity index (χ0v) is 19.1. The van der Waals surface area contributed by atoms with Crippen molar-refractivity contribution in [3.63, 3.8) is 0 Å². The number of amides is 2. The minimum Gasteiger partial charge on any atom is -0.338 e. The molecule has 1 fully saturated rings. The standard InChI is InChI=1S/C26H24N4O2S/c1-17-8-10-18(11-9-17)23-15-21(20-6-2-3-7-22(20)28-23)25(32)30-13-4-5-19(16-30)24(31)29-26-27-12-14-33-26/h2-3,6-12,14-15,19H,4-5,13,16H2,1H3,(H,27,29,31). The van der Waals surface area contributed by atoms with Crippen molar-refractivity contribution in [3.05, 3.63) is 77.3 Å². The van der Waals surface area contributed by atoms with Gasteiger partial charge in [-0.1, -0.05) is 48.0 Å². The molecule has 0 aliphatic carbocycles. The number of carbonyl (C=O) groups excluding carboxylic acids is 2. The molecule has 5 rings (SSSR count). The second-order valence-electron chi connectivity index (χ2n) is 8.36. The highest BCUT2D eigenvalue weighted by molar-refractivity contribution is 7.13. The molecule has 6 nitrogen and oxygen atoms in total. The number of carbonyl (C=O) groups is 2. The van der Waals surface area contributed by atoms with Crippen LogP contribution >= 0.6 is 11.3 Å². The Morgan fingerprint density at radius 1 is 1.12 bits per heavy atom. The van der Waals surface area contributed by atoms with E-state index in [9.17, 15) is 9.59 Å². The lowest BCUT2D eigenvalue weighted by Crippen LogP contribution is -2.43. The van der Waals surface area contributed by atoms with E-state index in [-0.39, 0.29) is 17.7 Å². The first-order valence-corrected chi connectivity index (χ1v) is 11.9. The maximum Gasteiger partial charge on any atom is 0.254 e. The van der Waals surface area contributed by atoms with E-state index in [1.165, 1.54) is 16.9 Å². The van der Waals surface area contributed by atoms with Crippen LogP contribution < -0.4 is 5.32 Å². The summed E-state index contributed by atoms with van der Waals surface area (Å²) in [5.74, 6) is -0.396. The topological polar surface area (TPSA) is 75.2 Å². The van der Waals surface area contributed by atoms with E-state index in [0.717, 1.165) is 35.0 Å². The molecule has 1 atom stereocenters. The molecule has 0 bridgehead atoms. The number of pyridine rings is 1. The summed E-state index contributed by atoms with van der Waals surface area (Å²) in [4.78, 5) is 37.2. The first-order chi connectivity index (χ1) is 16.1. The fraction of sp³-hybridized carbons (Fsp3) is 0.231. The molecule has 1 unspecified atom stereocenters. The van der Waals surface area contributed by atoms with Gasteiger partial charge in [-0.05, 0) is 31.9 Å². The molecule has 2 aromatic carbocycles. The van der Waals surface area contributed by atoms with Crippen molar-refractivity contribution in [3.8, 4) is 11.3 Å². The van der Waals surface area contributed by atoms with Crippen LogP contribution in [0.1, 0.15) is 28.8 Å². The molecule has 33 heavy (non-hydrogen) atoms. The molecule has 1 N–H and O–H groups in total. The van der Waals surface area contributed by atoms with Gasteiger partial charge in [-0.15, -0.1) is 11.3 Å². The molecule has 4 aromatic rings. The Balaban J connectivity index is 1.44. The summed E-state index contributed by atoms with van der Waals surface area (Å²) in [6.45, 7) is 3.08. The Morgan fingerprint density at radius 3 is 2.73 bits per heavy atom. The molecule has 7 heteroatoms. The van der Waals surface area contributed by atoms with Crippen LogP contribution in [0, 0.1) is 12.8 Å². The summed E-state index contributed by atoms with van der Waals surface area (Å²) in [5.41, 5.74) is 4.32. The van der Waals surface area contributed by atoms with E-state index >= 15 is 0 Å². The number of hydrogen-bond acceptors (Lipinski definition) is 5. The quantitative estimate of drug-likeness (QED) is 0.460. The van der Waals surface area contributed by atoms with Crippen molar-refractivity contribution >= 4 is 39.2 Å². The third kappa shape index (κ3) is 4.50. The third-order valence-corrected chi connectivity index (χ3v) is 6.72. The summed E-state index contributed by atoms with van der Waals surface area (Å²) >= 11 is 1.39. The number of likely N-dealkylation sites (tertiary alicyclic amines) is 1. The molecule has 0 radical (unpaired) electrons. The number of thiazole rings is 1. The lowest BCUT2D eigenvalue weighted by atomic mass is 9.95. The van der Waals surface area contributed by atoms with Crippen LogP contribution in [-0.2, 0) is 4.79 Å². The number of rotatable bonds is 4. The van der Waals surface area contributed by atoms with Gasteiger partial charge in [-0.2, -0.15) is 0 Å². The molecule has 1 saturated heterocycles. The molecular formula is C26H24N4O2S. The Kier molecular flexibility index (Phi) is 5.88. The number of hydrogen-bond donors (Lipinski definition) is 1. The predicted octanol–water partition coefficient (Wildman–Crippen LogP) is 5.16.